The largest absolute Gasteiger partial charge is 0.390 e. The molecule has 6 heteroatoms. The maximum atomic E-state index is 13.8. The lowest BCUT2D eigenvalue weighted by molar-refractivity contribution is -0.132. The van der Waals surface area contributed by atoms with Crippen LogP contribution >= 0.6 is 0 Å². The summed E-state index contributed by atoms with van der Waals surface area (Å²) in [7, 11) is 1.54. The fraction of sp³-hybridized carbons (Fsp3) is 0.571. The number of nitrogens with zero attached hydrogens (tertiary/aromatic N) is 1. The lowest BCUT2D eigenvalue weighted by Crippen LogP contribution is -2.28. The molecule has 0 aromatic heterocycles. The van der Waals surface area contributed by atoms with Gasteiger partial charge in [-0.25, -0.2) is 4.39 Å². The SMILES string of the molecule is CC(C)NCc1c(F)cccc1N(C)CCC(F)(F)F. The summed E-state index contributed by atoms with van der Waals surface area (Å²) in [6.45, 7) is 3.94. The average Bonchev–Trinajstić information content (AvgIpc) is 2.33. The van der Waals surface area contributed by atoms with Crippen molar-refractivity contribution in [1.82, 2.24) is 5.32 Å². The molecule has 1 aromatic carbocycles. The Balaban J connectivity index is 2.84. The fourth-order valence-electron chi connectivity index (χ4n) is 1.80. The summed E-state index contributed by atoms with van der Waals surface area (Å²) in [4.78, 5) is 1.44. The normalized spacial score (nSPS) is 12.0. The molecule has 0 spiro atoms. The fourth-order valence-corrected chi connectivity index (χ4v) is 1.80. The van der Waals surface area contributed by atoms with Crippen molar-refractivity contribution in [3.8, 4) is 0 Å². The lowest BCUT2D eigenvalue weighted by Gasteiger charge is -2.24. The van der Waals surface area contributed by atoms with Gasteiger partial charge in [0.05, 0.1) is 6.42 Å². The highest BCUT2D eigenvalue weighted by Gasteiger charge is 2.27. The number of alkyl halides is 3. The van der Waals surface area contributed by atoms with Crippen LogP contribution < -0.4 is 10.2 Å². The highest BCUT2D eigenvalue weighted by molar-refractivity contribution is 5.53. The summed E-state index contributed by atoms with van der Waals surface area (Å²) >= 11 is 0. The van der Waals surface area contributed by atoms with Crippen LogP contribution in [-0.2, 0) is 6.54 Å². The molecule has 0 heterocycles. The van der Waals surface area contributed by atoms with E-state index >= 15 is 0 Å². The zero-order chi connectivity index (χ0) is 15.3. The molecule has 20 heavy (non-hydrogen) atoms. The first-order valence-corrected chi connectivity index (χ1v) is 6.49. The lowest BCUT2D eigenvalue weighted by atomic mass is 10.1. The van der Waals surface area contributed by atoms with Crippen molar-refractivity contribution in [2.24, 2.45) is 0 Å². The molecule has 0 atom stereocenters. The summed E-state index contributed by atoms with van der Waals surface area (Å²) < 4.78 is 50.6. The molecule has 0 aliphatic carbocycles. The molecular weight excluding hydrogens is 272 g/mol. The van der Waals surface area contributed by atoms with Gasteiger partial charge in [0.25, 0.3) is 0 Å². The molecular formula is C14H20F4N2. The monoisotopic (exact) mass is 292 g/mol. The van der Waals surface area contributed by atoms with Gasteiger partial charge in [0.15, 0.2) is 0 Å². The van der Waals surface area contributed by atoms with Gasteiger partial charge in [0.2, 0.25) is 0 Å². The molecule has 0 radical (unpaired) electrons. The quantitative estimate of drug-likeness (QED) is 0.804. The maximum absolute atomic E-state index is 13.8. The average molecular weight is 292 g/mol. The first kappa shape index (κ1) is 16.8. The summed E-state index contributed by atoms with van der Waals surface area (Å²) in [6, 6.07) is 4.63. The van der Waals surface area contributed by atoms with Crippen LogP contribution in [-0.4, -0.2) is 25.8 Å². The zero-order valence-electron chi connectivity index (χ0n) is 11.9. The van der Waals surface area contributed by atoms with E-state index in [0.717, 1.165) is 0 Å². The number of hydrogen-bond acceptors (Lipinski definition) is 2. The topological polar surface area (TPSA) is 15.3 Å². The molecule has 0 fully saturated rings. The molecule has 0 unspecified atom stereocenters. The van der Waals surface area contributed by atoms with Gasteiger partial charge in [0.1, 0.15) is 5.82 Å². The minimum absolute atomic E-state index is 0.169. The third kappa shape index (κ3) is 5.36. The molecule has 1 rings (SSSR count). The van der Waals surface area contributed by atoms with Crippen LogP contribution in [0.25, 0.3) is 0 Å². The van der Waals surface area contributed by atoms with E-state index in [1.54, 1.807) is 13.1 Å². The minimum atomic E-state index is -4.21. The number of halogens is 4. The Morgan fingerprint density at radius 1 is 1.25 bits per heavy atom. The second kappa shape index (κ2) is 6.92. The van der Waals surface area contributed by atoms with Crippen LogP contribution in [0.5, 0.6) is 0 Å². The van der Waals surface area contributed by atoms with E-state index in [-0.39, 0.29) is 19.1 Å². The van der Waals surface area contributed by atoms with E-state index < -0.39 is 18.4 Å². The molecule has 2 nitrogen and oxygen atoms in total. The van der Waals surface area contributed by atoms with Gasteiger partial charge in [-0.2, -0.15) is 13.2 Å². The molecule has 0 amide bonds. The minimum Gasteiger partial charge on any atom is -0.374 e. The van der Waals surface area contributed by atoms with E-state index in [4.69, 9.17) is 0 Å². The third-order valence-corrected chi connectivity index (χ3v) is 2.92. The van der Waals surface area contributed by atoms with Crippen LogP contribution in [0, 0.1) is 5.82 Å². The number of hydrogen-bond donors (Lipinski definition) is 1. The predicted octanol–water partition coefficient (Wildman–Crippen LogP) is 3.71. The Labute approximate surface area is 116 Å². The van der Waals surface area contributed by atoms with Gasteiger partial charge in [-0.3, -0.25) is 0 Å². The molecule has 0 saturated carbocycles. The predicted molar refractivity (Wildman–Crippen MR) is 72.3 cm³/mol. The molecule has 114 valence electrons. The Kier molecular flexibility index (Phi) is 5.80. The molecule has 0 aliphatic heterocycles. The Hall–Kier alpha value is -1.30. The summed E-state index contributed by atoms with van der Waals surface area (Å²) in [5.41, 5.74) is 0.883. The van der Waals surface area contributed by atoms with Crippen LogP contribution in [0.15, 0.2) is 18.2 Å². The number of anilines is 1. The molecule has 1 N–H and O–H groups in total. The standard InChI is InChI=1S/C14H20F4N2/c1-10(2)19-9-11-12(15)5-4-6-13(11)20(3)8-7-14(16,17)18/h4-6,10,19H,7-9H2,1-3H3. The second-order valence-corrected chi connectivity index (χ2v) is 5.06. The van der Waals surface area contributed by atoms with Gasteiger partial charge in [0, 0.05) is 37.4 Å². The second-order valence-electron chi connectivity index (χ2n) is 5.06. The van der Waals surface area contributed by atoms with Crippen molar-refractivity contribution in [1.29, 1.82) is 0 Å². The van der Waals surface area contributed by atoms with Gasteiger partial charge >= 0.3 is 6.18 Å². The first-order valence-electron chi connectivity index (χ1n) is 6.49. The van der Waals surface area contributed by atoms with Crippen molar-refractivity contribution in [2.45, 2.75) is 39.0 Å². The van der Waals surface area contributed by atoms with E-state index in [2.05, 4.69) is 5.32 Å². The Bertz CT molecular complexity index is 430. The van der Waals surface area contributed by atoms with E-state index in [0.29, 0.717) is 11.3 Å². The van der Waals surface area contributed by atoms with Gasteiger partial charge in [-0.15, -0.1) is 0 Å². The summed E-state index contributed by atoms with van der Waals surface area (Å²) in [5.74, 6) is -0.408. The molecule has 1 aromatic rings. The number of benzene rings is 1. The van der Waals surface area contributed by atoms with E-state index in [1.165, 1.54) is 17.0 Å². The van der Waals surface area contributed by atoms with Crippen molar-refractivity contribution in [3.05, 3.63) is 29.6 Å². The number of rotatable bonds is 6. The van der Waals surface area contributed by atoms with Gasteiger partial charge < -0.3 is 10.2 Å². The molecule has 0 saturated heterocycles. The molecule has 0 aliphatic rings. The van der Waals surface area contributed by atoms with Crippen LogP contribution in [0.4, 0.5) is 23.2 Å². The van der Waals surface area contributed by atoms with Gasteiger partial charge in [-0.05, 0) is 12.1 Å². The summed E-state index contributed by atoms with van der Waals surface area (Å²) in [6.07, 6.45) is -5.13. The van der Waals surface area contributed by atoms with Crippen molar-refractivity contribution in [3.63, 3.8) is 0 Å². The number of nitrogens with one attached hydrogen (secondary N) is 1. The van der Waals surface area contributed by atoms with E-state index in [1.807, 2.05) is 13.8 Å². The van der Waals surface area contributed by atoms with Crippen molar-refractivity contribution < 1.29 is 17.6 Å². The van der Waals surface area contributed by atoms with Crippen molar-refractivity contribution in [2.75, 3.05) is 18.5 Å². The Morgan fingerprint density at radius 3 is 2.45 bits per heavy atom. The van der Waals surface area contributed by atoms with Gasteiger partial charge in [-0.1, -0.05) is 19.9 Å². The zero-order valence-corrected chi connectivity index (χ0v) is 11.9. The van der Waals surface area contributed by atoms with Crippen LogP contribution in [0.2, 0.25) is 0 Å². The first-order chi connectivity index (χ1) is 9.20. The van der Waals surface area contributed by atoms with E-state index in [9.17, 15) is 17.6 Å². The maximum Gasteiger partial charge on any atom is 0.390 e. The third-order valence-electron chi connectivity index (χ3n) is 2.92. The Morgan fingerprint density at radius 2 is 1.90 bits per heavy atom. The van der Waals surface area contributed by atoms with Crippen molar-refractivity contribution >= 4 is 5.69 Å². The highest BCUT2D eigenvalue weighted by Crippen LogP contribution is 2.25. The van der Waals surface area contributed by atoms with Crippen LogP contribution in [0.1, 0.15) is 25.8 Å². The molecule has 0 bridgehead atoms. The summed E-state index contributed by atoms with van der Waals surface area (Å²) in [5, 5.41) is 3.08. The smallest absolute Gasteiger partial charge is 0.374 e. The van der Waals surface area contributed by atoms with Crippen LogP contribution in [0.3, 0.4) is 0 Å². The highest BCUT2D eigenvalue weighted by atomic mass is 19.4.